The highest BCUT2D eigenvalue weighted by Gasteiger charge is 2.25. The Hall–Kier alpha value is -1.95. The van der Waals surface area contributed by atoms with Crippen LogP contribution >= 0.6 is 0 Å². The number of phenols is 1. The van der Waals surface area contributed by atoms with Crippen molar-refractivity contribution in [1.82, 2.24) is 0 Å². The number of fused-ring (bicyclic) bond motifs is 1. The van der Waals surface area contributed by atoms with E-state index in [4.69, 9.17) is 10.00 Å². The Morgan fingerprint density at radius 2 is 2.24 bits per heavy atom. The first-order valence-corrected chi connectivity index (χ1v) is 5.71. The van der Waals surface area contributed by atoms with Gasteiger partial charge in [0.1, 0.15) is 17.8 Å². The van der Waals surface area contributed by atoms with Gasteiger partial charge in [-0.15, -0.1) is 0 Å². The van der Waals surface area contributed by atoms with Crippen molar-refractivity contribution in [2.45, 2.75) is 26.2 Å². The SMILES string of the molecule is CC(C)CC1C(C#N)=COc2cc(O)ccc21. The van der Waals surface area contributed by atoms with Crippen LogP contribution in [0.5, 0.6) is 11.5 Å². The average Bonchev–Trinajstić information content (AvgIpc) is 2.28. The van der Waals surface area contributed by atoms with Crippen molar-refractivity contribution in [3.8, 4) is 17.6 Å². The summed E-state index contributed by atoms with van der Waals surface area (Å²) in [5.74, 6) is 1.40. The molecule has 3 nitrogen and oxygen atoms in total. The lowest BCUT2D eigenvalue weighted by atomic mass is 9.84. The Bertz CT molecular complexity index is 497. The Morgan fingerprint density at radius 1 is 1.47 bits per heavy atom. The minimum Gasteiger partial charge on any atom is -0.508 e. The molecule has 0 spiro atoms. The molecule has 1 aliphatic rings. The lowest BCUT2D eigenvalue weighted by Crippen LogP contribution is -2.12. The van der Waals surface area contributed by atoms with Crippen molar-refractivity contribution in [3.63, 3.8) is 0 Å². The molecule has 0 fully saturated rings. The van der Waals surface area contributed by atoms with Gasteiger partial charge in [-0.2, -0.15) is 5.26 Å². The van der Waals surface area contributed by atoms with E-state index in [1.807, 2.05) is 6.07 Å². The molecule has 1 unspecified atom stereocenters. The Balaban J connectivity index is 2.42. The van der Waals surface area contributed by atoms with Gasteiger partial charge in [0.05, 0.1) is 11.6 Å². The lowest BCUT2D eigenvalue weighted by Gasteiger charge is -2.24. The van der Waals surface area contributed by atoms with Gasteiger partial charge in [-0.05, 0) is 18.4 Å². The van der Waals surface area contributed by atoms with E-state index >= 15 is 0 Å². The predicted molar refractivity (Wildman–Crippen MR) is 64.6 cm³/mol. The summed E-state index contributed by atoms with van der Waals surface area (Å²) in [7, 11) is 0. The van der Waals surface area contributed by atoms with Crippen LogP contribution in [-0.2, 0) is 0 Å². The number of hydrogen-bond acceptors (Lipinski definition) is 3. The number of nitrogens with zero attached hydrogens (tertiary/aromatic N) is 1. The summed E-state index contributed by atoms with van der Waals surface area (Å²) in [6.07, 6.45) is 2.40. The molecule has 0 bridgehead atoms. The number of rotatable bonds is 2. The molecule has 0 aromatic heterocycles. The molecular formula is C14H15NO2. The molecule has 1 aliphatic heterocycles. The van der Waals surface area contributed by atoms with E-state index in [2.05, 4.69) is 19.9 Å². The molecule has 17 heavy (non-hydrogen) atoms. The first kappa shape index (κ1) is 11.5. The molecule has 0 saturated heterocycles. The molecular weight excluding hydrogens is 214 g/mol. The molecule has 2 rings (SSSR count). The lowest BCUT2D eigenvalue weighted by molar-refractivity contribution is 0.419. The minimum atomic E-state index is 0.0735. The number of hydrogen-bond donors (Lipinski definition) is 1. The second kappa shape index (κ2) is 4.50. The molecule has 0 radical (unpaired) electrons. The topological polar surface area (TPSA) is 53.2 Å². The maximum Gasteiger partial charge on any atom is 0.134 e. The first-order valence-electron chi connectivity index (χ1n) is 5.71. The molecule has 1 N–H and O–H groups in total. The van der Waals surface area contributed by atoms with Crippen molar-refractivity contribution in [2.75, 3.05) is 0 Å². The highest BCUT2D eigenvalue weighted by Crippen LogP contribution is 2.41. The Labute approximate surface area is 101 Å². The van der Waals surface area contributed by atoms with Crippen LogP contribution in [0, 0.1) is 17.2 Å². The third-order valence-corrected chi connectivity index (χ3v) is 2.90. The highest BCUT2D eigenvalue weighted by molar-refractivity contribution is 5.50. The van der Waals surface area contributed by atoms with Crippen molar-refractivity contribution < 1.29 is 9.84 Å². The number of allylic oxidation sites excluding steroid dienone is 1. The van der Waals surface area contributed by atoms with Gasteiger partial charge in [0.15, 0.2) is 0 Å². The molecule has 1 heterocycles. The monoisotopic (exact) mass is 229 g/mol. The van der Waals surface area contributed by atoms with E-state index < -0.39 is 0 Å². The van der Waals surface area contributed by atoms with Gasteiger partial charge in [0.2, 0.25) is 0 Å². The van der Waals surface area contributed by atoms with Gasteiger partial charge in [0.25, 0.3) is 0 Å². The van der Waals surface area contributed by atoms with Crippen LogP contribution < -0.4 is 4.74 Å². The van der Waals surface area contributed by atoms with E-state index in [0.717, 1.165) is 12.0 Å². The van der Waals surface area contributed by atoms with Crippen LogP contribution in [0.25, 0.3) is 0 Å². The van der Waals surface area contributed by atoms with Crippen molar-refractivity contribution >= 4 is 0 Å². The maximum absolute atomic E-state index is 9.41. The molecule has 1 aromatic rings. The zero-order valence-corrected chi connectivity index (χ0v) is 9.97. The molecule has 1 aromatic carbocycles. The molecule has 1 atom stereocenters. The third kappa shape index (κ3) is 2.26. The van der Waals surface area contributed by atoms with Crippen LogP contribution in [0.2, 0.25) is 0 Å². The summed E-state index contributed by atoms with van der Waals surface area (Å²) >= 11 is 0. The summed E-state index contributed by atoms with van der Waals surface area (Å²) in [6, 6.07) is 7.25. The van der Waals surface area contributed by atoms with Crippen LogP contribution in [-0.4, -0.2) is 5.11 Å². The van der Waals surface area contributed by atoms with Crippen LogP contribution in [0.1, 0.15) is 31.7 Å². The van der Waals surface area contributed by atoms with E-state index in [9.17, 15) is 5.11 Å². The minimum absolute atomic E-state index is 0.0735. The first-order chi connectivity index (χ1) is 8.11. The van der Waals surface area contributed by atoms with Crippen LogP contribution in [0.3, 0.4) is 0 Å². The number of aromatic hydroxyl groups is 1. The number of phenolic OH excluding ortho intramolecular Hbond substituents is 1. The normalized spacial score (nSPS) is 18.0. The molecule has 88 valence electrons. The van der Waals surface area contributed by atoms with Gasteiger partial charge >= 0.3 is 0 Å². The predicted octanol–water partition coefficient (Wildman–Crippen LogP) is 3.32. The van der Waals surface area contributed by atoms with Gasteiger partial charge in [-0.25, -0.2) is 0 Å². The van der Waals surface area contributed by atoms with E-state index in [0.29, 0.717) is 17.2 Å². The largest absolute Gasteiger partial charge is 0.508 e. The maximum atomic E-state index is 9.41. The average molecular weight is 229 g/mol. The zero-order chi connectivity index (χ0) is 12.4. The summed E-state index contributed by atoms with van der Waals surface area (Å²) in [5, 5.41) is 18.5. The van der Waals surface area contributed by atoms with Gasteiger partial charge < -0.3 is 9.84 Å². The number of nitriles is 1. The van der Waals surface area contributed by atoms with Crippen LogP contribution in [0.4, 0.5) is 0 Å². The fraction of sp³-hybridized carbons (Fsp3) is 0.357. The Morgan fingerprint density at radius 3 is 2.88 bits per heavy atom. The fourth-order valence-electron chi connectivity index (χ4n) is 2.12. The summed E-state index contributed by atoms with van der Waals surface area (Å²) in [6.45, 7) is 4.26. The summed E-state index contributed by atoms with van der Waals surface area (Å²) in [4.78, 5) is 0. The van der Waals surface area contributed by atoms with Crippen molar-refractivity contribution in [1.29, 1.82) is 5.26 Å². The standard InChI is InChI=1S/C14H15NO2/c1-9(2)5-13-10(7-15)8-17-14-6-11(16)3-4-12(13)14/h3-4,6,8-9,13,16H,5H2,1-2H3. The highest BCUT2D eigenvalue weighted by atomic mass is 16.5. The summed E-state index contributed by atoms with van der Waals surface area (Å²) in [5.41, 5.74) is 1.63. The van der Waals surface area contributed by atoms with Gasteiger partial charge in [0, 0.05) is 17.5 Å². The third-order valence-electron chi connectivity index (χ3n) is 2.90. The van der Waals surface area contributed by atoms with Crippen molar-refractivity contribution in [2.24, 2.45) is 5.92 Å². The molecule has 3 heteroatoms. The fourth-order valence-corrected chi connectivity index (χ4v) is 2.12. The second-order valence-corrected chi connectivity index (χ2v) is 4.71. The van der Waals surface area contributed by atoms with Gasteiger partial charge in [-0.3, -0.25) is 0 Å². The van der Waals surface area contributed by atoms with E-state index in [1.54, 1.807) is 12.1 Å². The zero-order valence-electron chi connectivity index (χ0n) is 9.97. The number of ether oxygens (including phenoxy) is 1. The van der Waals surface area contributed by atoms with E-state index in [1.165, 1.54) is 6.26 Å². The molecule has 0 aliphatic carbocycles. The Kier molecular flexibility index (Phi) is 3.06. The van der Waals surface area contributed by atoms with Gasteiger partial charge in [-0.1, -0.05) is 19.9 Å². The quantitative estimate of drug-likeness (QED) is 0.846. The van der Waals surface area contributed by atoms with Crippen molar-refractivity contribution in [3.05, 3.63) is 35.6 Å². The molecule has 0 saturated carbocycles. The number of benzene rings is 1. The second-order valence-electron chi connectivity index (χ2n) is 4.71. The summed E-state index contributed by atoms with van der Waals surface area (Å²) < 4.78 is 5.38. The molecule has 0 amide bonds. The van der Waals surface area contributed by atoms with Crippen LogP contribution in [0.15, 0.2) is 30.0 Å². The smallest absolute Gasteiger partial charge is 0.134 e. The van der Waals surface area contributed by atoms with E-state index in [-0.39, 0.29) is 11.7 Å².